The summed E-state index contributed by atoms with van der Waals surface area (Å²) in [6.45, 7) is 8.94. The third-order valence-electron chi connectivity index (χ3n) is 3.28. The Morgan fingerprint density at radius 3 is 3.12 bits per heavy atom. The summed E-state index contributed by atoms with van der Waals surface area (Å²) in [4.78, 5) is 2.49. The van der Waals surface area contributed by atoms with Crippen LogP contribution in [0.1, 0.15) is 26.0 Å². The van der Waals surface area contributed by atoms with E-state index in [0.29, 0.717) is 12.0 Å². The van der Waals surface area contributed by atoms with Crippen molar-refractivity contribution in [1.29, 1.82) is 0 Å². The summed E-state index contributed by atoms with van der Waals surface area (Å²) in [6.07, 6.45) is 2.98. The van der Waals surface area contributed by atoms with Gasteiger partial charge in [0.15, 0.2) is 0 Å². The molecule has 0 radical (unpaired) electrons. The summed E-state index contributed by atoms with van der Waals surface area (Å²) in [7, 11) is 0. The molecule has 1 unspecified atom stereocenters. The van der Waals surface area contributed by atoms with Crippen LogP contribution in [0.15, 0.2) is 22.8 Å². The highest BCUT2D eigenvalue weighted by molar-refractivity contribution is 4.98. The highest BCUT2D eigenvalue weighted by Crippen LogP contribution is 2.12. The monoisotopic (exact) mass is 222 g/mol. The molecule has 90 valence electrons. The van der Waals surface area contributed by atoms with Gasteiger partial charge in [0.1, 0.15) is 5.76 Å². The van der Waals surface area contributed by atoms with Crippen molar-refractivity contribution >= 4 is 0 Å². The third kappa shape index (κ3) is 3.09. The Bertz CT molecular complexity index is 295. The lowest BCUT2D eigenvalue weighted by molar-refractivity contribution is 0.222. The summed E-state index contributed by atoms with van der Waals surface area (Å²) >= 11 is 0. The first-order valence-electron chi connectivity index (χ1n) is 6.24. The van der Waals surface area contributed by atoms with Gasteiger partial charge in [0.05, 0.1) is 12.8 Å². The van der Waals surface area contributed by atoms with Crippen LogP contribution in [-0.2, 0) is 6.54 Å². The topological polar surface area (TPSA) is 28.4 Å². The third-order valence-corrected chi connectivity index (χ3v) is 3.28. The summed E-state index contributed by atoms with van der Waals surface area (Å²) in [6, 6.07) is 4.63. The van der Waals surface area contributed by atoms with Crippen LogP contribution in [0, 0.1) is 5.92 Å². The molecule has 2 heterocycles. The minimum atomic E-state index is 0.609. The molecule has 16 heavy (non-hydrogen) atoms. The zero-order valence-electron chi connectivity index (χ0n) is 10.3. The van der Waals surface area contributed by atoms with E-state index in [1.165, 1.54) is 6.42 Å². The molecule has 1 fully saturated rings. The Morgan fingerprint density at radius 1 is 1.56 bits per heavy atom. The Labute approximate surface area is 97.8 Å². The molecule has 3 heteroatoms. The van der Waals surface area contributed by atoms with E-state index in [2.05, 4.69) is 30.1 Å². The van der Waals surface area contributed by atoms with Crippen LogP contribution in [0.25, 0.3) is 0 Å². The van der Waals surface area contributed by atoms with Crippen molar-refractivity contribution in [3.05, 3.63) is 24.2 Å². The van der Waals surface area contributed by atoms with E-state index >= 15 is 0 Å². The molecule has 1 aliphatic rings. The fourth-order valence-corrected chi connectivity index (χ4v) is 2.24. The second kappa shape index (κ2) is 5.51. The van der Waals surface area contributed by atoms with Crippen LogP contribution in [0.2, 0.25) is 0 Å². The van der Waals surface area contributed by atoms with Gasteiger partial charge in [0, 0.05) is 12.6 Å². The Hall–Kier alpha value is -0.800. The van der Waals surface area contributed by atoms with Crippen molar-refractivity contribution in [2.24, 2.45) is 5.92 Å². The number of hydrogen-bond acceptors (Lipinski definition) is 3. The van der Waals surface area contributed by atoms with E-state index in [1.54, 1.807) is 6.26 Å². The highest BCUT2D eigenvalue weighted by Gasteiger charge is 2.20. The lowest BCUT2D eigenvalue weighted by Gasteiger charge is -2.26. The van der Waals surface area contributed by atoms with Crippen LogP contribution >= 0.6 is 0 Å². The van der Waals surface area contributed by atoms with Crippen LogP contribution in [-0.4, -0.2) is 30.6 Å². The lowest BCUT2D eigenvalue weighted by Crippen LogP contribution is -2.40. The van der Waals surface area contributed by atoms with Crippen LogP contribution in [0.3, 0.4) is 0 Å². The fraction of sp³-hybridized carbons (Fsp3) is 0.692. The maximum atomic E-state index is 5.41. The van der Waals surface area contributed by atoms with E-state index in [9.17, 15) is 0 Å². The predicted octanol–water partition coefficient (Wildman–Crippen LogP) is 2.10. The van der Waals surface area contributed by atoms with Gasteiger partial charge < -0.3 is 9.73 Å². The van der Waals surface area contributed by atoms with E-state index in [-0.39, 0.29) is 0 Å². The lowest BCUT2D eigenvalue weighted by atomic mass is 10.0. The van der Waals surface area contributed by atoms with E-state index < -0.39 is 0 Å². The first-order chi connectivity index (χ1) is 7.75. The minimum absolute atomic E-state index is 0.609. The first kappa shape index (κ1) is 11.7. The van der Waals surface area contributed by atoms with Gasteiger partial charge in [-0.2, -0.15) is 0 Å². The maximum Gasteiger partial charge on any atom is 0.117 e. The molecule has 0 aromatic carbocycles. The Morgan fingerprint density at radius 2 is 2.44 bits per heavy atom. The first-order valence-corrected chi connectivity index (χ1v) is 6.24. The minimum Gasteiger partial charge on any atom is -0.468 e. The zero-order chi connectivity index (χ0) is 11.4. The molecule has 0 amide bonds. The summed E-state index contributed by atoms with van der Waals surface area (Å²) in [5.41, 5.74) is 0. The van der Waals surface area contributed by atoms with Gasteiger partial charge in [-0.05, 0) is 37.6 Å². The fourth-order valence-electron chi connectivity index (χ4n) is 2.24. The molecular weight excluding hydrogens is 200 g/mol. The van der Waals surface area contributed by atoms with Crippen LogP contribution in [0.5, 0.6) is 0 Å². The molecule has 1 aliphatic heterocycles. The number of furan rings is 1. The van der Waals surface area contributed by atoms with E-state index in [0.717, 1.165) is 31.9 Å². The summed E-state index contributed by atoms with van der Waals surface area (Å²) < 4.78 is 5.41. The van der Waals surface area contributed by atoms with E-state index in [1.807, 2.05) is 6.07 Å². The van der Waals surface area contributed by atoms with Gasteiger partial charge >= 0.3 is 0 Å². The van der Waals surface area contributed by atoms with Crippen molar-refractivity contribution in [3.63, 3.8) is 0 Å². The smallest absolute Gasteiger partial charge is 0.117 e. The molecule has 1 N–H and O–H groups in total. The van der Waals surface area contributed by atoms with Crippen LogP contribution in [0.4, 0.5) is 0 Å². The zero-order valence-corrected chi connectivity index (χ0v) is 10.3. The Kier molecular flexibility index (Phi) is 4.02. The van der Waals surface area contributed by atoms with Gasteiger partial charge in [-0.1, -0.05) is 13.8 Å². The molecular formula is C13H22N2O. The summed E-state index contributed by atoms with van der Waals surface area (Å²) in [5, 5.41) is 3.62. The number of nitrogens with zero attached hydrogens (tertiary/aromatic N) is 1. The SMILES string of the molecule is CC(C)C1CN(Cc2ccco2)CCCN1. The average Bonchev–Trinajstić information content (AvgIpc) is 2.62. The van der Waals surface area contributed by atoms with Gasteiger partial charge in [-0.3, -0.25) is 4.90 Å². The molecule has 1 aromatic heterocycles. The molecule has 1 aromatic rings. The second-order valence-corrected chi connectivity index (χ2v) is 4.97. The van der Waals surface area contributed by atoms with Crippen molar-refractivity contribution < 1.29 is 4.42 Å². The standard InChI is InChI=1S/C13H22N2O/c1-11(2)13-10-15(7-4-6-14-13)9-12-5-3-8-16-12/h3,5,8,11,13-14H,4,6-7,9-10H2,1-2H3. The molecule has 3 nitrogen and oxygen atoms in total. The molecule has 0 aliphatic carbocycles. The second-order valence-electron chi connectivity index (χ2n) is 4.97. The number of rotatable bonds is 3. The normalized spacial score (nSPS) is 23.6. The Balaban J connectivity index is 1.92. The van der Waals surface area contributed by atoms with E-state index in [4.69, 9.17) is 4.42 Å². The average molecular weight is 222 g/mol. The predicted molar refractivity (Wildman–Crippen MR) is 65.2 cm³/mol. The number of hydrogen-bond donors (Lipinski definition) is 1. The van der Waals surface area contributed by atoms with Gasteiger partial charge in [-0.25, -0.2) is 0 Å². The van der Waals surface area contributed by atoms with Crippen molar-refractivity contribution in [1.82, 2.24) is 10.2 Å². The van der Waals surface area contributed by atoms with Crippen molar-refractivity contribution in [2.75, 3.05) is 19.6 Å². The molecule has 1 saturated heterocycles. The van der Waals surface area contributed by atoms with Gasteiger partial charge in [0.25, 0.3) is 0 Å². The van der Waals surface area contributed by atoms with Crippen molar-refractivity contribution in [3.8, 4) is 0 Å². The van der Waals surface area contributed by atoms with Gasteiger partial charge in [0.2, 0.25) is 0 Å². The molecule has 0 saturated carbocycles. The largest absolute Gasteiger partial charge is 0.468 e. The maximum absolute atomic E-state index is 5.41. The number of nitrogens with one attached hydrogen (secondary N) is 1. The molecule has 0 spiro atoms. The molecule has 2 rings (SSSR count). The highest BCUT2D eigenvalue weighted by atomic mass is 16.3. The summed E-state index contributed by atoms with van der Waals surface area (Å²) in [5.74, 6) is 1.77. The molecule has 1 atom stereocenters. The van der Waals surface area contributed by atoms with Crippen molar-refractivity contribution in [2.45, 2.75) is 32.9 Å². The molecule has 0 bridgehead atoms. The van der Waals surface area contributed by atoms with Gasteiger partial charge in [-0.15, -0.1) is 0 Å². The van der Waals surface area contributed by atoms with Crippen LogP contribution < -0.4 is 5.32 Å². The quantitative estimate of drug-likeness (QED) is 0.849.